The number of halogens is 2. The van der Waals surface area contributed by atoms with E-state index in [1.165, 1.54) is 0 Å². The molecule has 0 heterocycles. The van der Waals surface area contributed by atoms with E-state index < -0.39 is 0 Å². The number of likely N-dealkylation sites (N-methyl/N-ethyl adjacent to an activating group) is 1. The number of hydrogen-bond acceptors (Lipinski definition) is 2. The van der Waals surface area contributed by atoms with Crippen molar-refractivity contribution in [3.63, 3.8) is 0 Å². The number of hydrogen-bond donors (Lipinski definition) is 0. The van der Waals surface area contributed by atoms with Gasteiger partial charge in [0.05, 0.1) is 0 Å². The highest BCUT2D eigenvalue weighted by Crippen LogP contribution is 2.21. The third-order valence-electron chi connectivity index (χ3n) is 3.25. The van der Waals surface area contributed by atoms with Crippen LogP contribution in [0.1, 0.15) is 11.1 Å². The van der Waals surface area contributed by atoms with Crippen molar-refractivity contribution in [1.82, 2.24) is 4.90 Å². The highest BCUT2D eigenvalue weighted by Gasteiger charge is 2.10. The van der Waals surface area contributed by atoms with E-state index in [2.05, 4.69) is 15.9 Å². The summed E-state index contributed by atoms with van der Waals surface area (Å²) in [5.74, 6) is 0.615. The predicted octanol–water partition coefficient (Wildman–Crippen LogP) is 4.45. The van der Waals surface area contributed by atoms with Crippen molar-refractivity contribution in [1.29, 1.82) is 0 Å². The quantitative estimate of drug-likeness (QED) is 0.764. The first kappa shape index (κ1) is 16.8. The Balaban J connectivity index is 1.88. The smallest absolute Gasteiger partial charge is 0.260 e. The third kappa shape index (κ3) is 4.75. The molecule has 2 rings (SSSR count). The Kier molecular flexibility index (Phi) is 5.86. The van der Waals surface area contributed by atoms with Crippen LogP contribution in [-0.4, -0.2) is 24.5 Å². The second-order valence-corrected chi connectivity index (χ2v) is 6.37. The van der Waals surface area contributed by atoms with E-state index in [1.54, 1.807) is 11.9 Å². The summed E-state index contributed by atoms with van der Waals surface area (Å²) < 4.78 is 6.57. The lowest BCUT2D eigenvalue weighted by molar-refractivity contribution is -0.132. The molecule has 0 bridgehead atoms. The van der Waals surface area contributed by atoms with Crippen molar-refractivity contribution in [2.24, 2.45) is 0 Å². The molecule has 3 nitrogen and oxygen atoms in total. The van der Waals surface area contributed by atoms with Crippen molar-refractivity contribution < 1.29 is 9.53 Å². The lowest BCUT2D eigenvalue weighted by Crippen LogP contribution is -2.30. The fourth-order valence-electron chi connectivity index (χ4n) is 1.91. The second-order valence-electron chi connectivity index (χ2n) is 5.08. The largest absolute Gasteiger partial charge is 0.484 e. The van der Waals surface area contributed by atoms with Crippen molar-refractivity contribution in [2.75, 3.05) is 13.7 Å². The van der Waals surface area contributed by atoms with Crippen LogP contribution < -0.4 is 4.74 Å². The van der Waals surface area contributed by atoms with E-state index in [0.717, 1.165) is 15.6 Å². The first-order valence-electron chi connectivity index (χ1n) is 6.83. The lowest BCUT2D eigenvalue weighted by atomic mass is 10.2. The summed E-state index contributed by atoms with van der Waals surface area (Å²) in [4.78, 5) is 13.7. The molecule has 22 heavy (non-hydrogen) atoms. The van der Waals surface area contributed by atoms with Gasteiger partial charge in [0.15, 0.2) is 6.61 Å². The second kappa shape index (κ2) is 7.65. The van der Waals surface area contributed by atoms with E-state index in [-0.39, 0.29) is 12.5 Å². The van der Waals surface area contributed by atoms with Crippen LogP contribution >= 0.6 is 27.5 Å². The molecular weight excluding hydrogens is 366 g/mol. The molecule has 0 N–H and O–H groups in total. The number of amides is 1. The highest BCUT2D eigenvalue weighted by atomic mass is 79.9. The molecule has 0 atom stereocenters. The average Bonchev–Trinajstić information content (AvgIpc) is 2.50. The molecule has 0 radical (unpaired) electrons. The molecule has 1 amide bonds. The van der Waals surface area contributed by atoms with Crippen LogP contribution in [-0.2, 0) is 11.3 Å². The van der Waals surface area contributed by atoms with Crippen LogP contribution in [0, 0.1) is 6.92 Å². The summed E-state index contributed by atoms with van der Waals surface area (Å²) in [7, 11) is 1.76. The van der Waals surface area contributed by atoms with E-state index in [9.17, 15) is 4.79 Å². The van der Waals surface area contributed by atoms with Gasteiger partial charge >= 0.3 is 0 Å². The lowest BCUT2D eigenvalue weighted by Gasteiger charge is -2.18. The first-order valence-corrected chi connectivity index (χ1v) is 8.00. The van der Waals surface area contributed by atoms with Gasteiger partial charge in [0.25, 0.3) is 5.91 Å². The van der Waals surface area contributed by atoms with E-state index in [0.29, 0.717) is 17.3 Å². The molecule has 116 valence electrons. The number of ether oxygens (including phenoxy) is 1. The van der Waals surface area contributed by atoms with Gasteiger partial charge in [-0.15, -0.1) is 0 Å². The normalized spacial score (nSPS) is 10.4. The maximum absolute atomic E-state index is 12.1. The first-order chi connectivity index (χ1) is 10.5. The van der Waals surface area contributed by atoms with Crippen LogP contribution in [0.5, 0.6) is 5.75 Å². The number of rotatable bonds is 5. The zero-order valence-electron chi connectivity index (χ0n) is 12.5. The van der Waals surface area contributed by atoms with Gasteiger partial charge in [0.1, 0.15) is 5.75 Å². The van der Waals surface area contributed by atoms with E-state index in [1.807, 2.05) is 49.4 Å². The summed E-state index contributed by atoms with van der Waals surface area (Å²) in [6.07, 6.45) is 0. The molecule has 0 saturated heterocycles. The van der Waals surface area contributed by atoms with Crippen LogP contribution in [0.4, 0.5) is 0 Å². The highest BCUT2D eigenvalue weighted by molar-refractivity contribution is 9.10. The topological polar surface area (TPSA) is 29.5 Å². The van der Waals surface area contributed by atoms with Gasteiger partial charge in [-0.25, -0.2) is 0 Å². The monoisotopic (exact) mass is 381 g/mol. The van der Waals surface area contributed by atoms with Crippen LogP contribution in [0.15, 0.2) is 46.9 Å². The van der Waals surface area contributed by atoms with Gasteiger partial charge in [-0.05, 0) is 48.4 Å². The fourth-order valence-corrected chi connectivity index (χ4v) is 2.29. The van der Waals surface area contributed by atoms with Gasteiger partial charge in [0, 0.05) is 23.1 Å². The van der Waals surface area contributed by atoms with Crippen LogP contribution in [0.2, 0.25) is 5.02 Å². The number of carbonyl (C=O) groups is 1. The molecule has 0 aliphatic carbocycles. The number of carbonyl (C=O) groups excluding carboxylic acids is 1. The minimum Gasteiger partial charge on any atom is -0.484 e. The molecule has 0 saturated carbocycles. The summed E-state index contributed by atoms with van der Waals surface area (Å²) in [5, 5.41) is 0.687. The molecule has 0 fully saturated rings. The Hall–Kier alpha value is -1.52. The van der Waals surface area contributed by atoms with Gasteiger partial charge in [-0.3, -0.25) is 4.79 Å². The van der Waals surface area contributed by atoms with Crippen LogP contribution in [0.3, 0.4) is 0 Å². The Morgan fingerprint density at radius 3 is 2.55 bits per heavy atom. The Labute approximate surface area is 144 Å². The molecule has 0 aliphatic heterocycles. The van der Waals surface area contributed by atoms with Gasteiger partial charge in [-0.2, -0.15) is 0 Å². The van der Waals surface area contributed by atoms with E-state index in [4.69, 9.17) is 16.3 Å². The van der Waals surface area contributed by atoms with Crippen molar-refractivity contribution in [3.8, 4) is 5.75 Å². The Morgan fingerprint density at radius 1 is 1.23 bits per heavy atom. The molecule has 2 aromatic rings. The van der Waals surface area contributed by atoms with Gasteiger partial charge < -0.3 is 9.64 Å². The van der Waals surface area contributed by atoms with Gasteiger partial charge in [0.2, 0.25) is 0 Å². The standard InChI is InChI=1S/C17H17BrClNO2/c1-12-9-15(7-8-16(12)18)22-11-17(21)20(2)10-13-3-5-14(19)6-4-13/h3-9H,10-11H2,1-2H3. The summed E-state index contributed by atoms with van der Waals surface area (Å²) >= 11 is 9.28. The molecule has 0 unspecified atom stereocenters. The molecule has 5 heteroatoms. The Morgan fingerprint density at radius 2 is 1.91 bits per heavy atom. The third-order valence-corrected chi connectivity index (χ3v) is 4.39. The Bertz CT molecular complexity index is 658. The SMILES string of the molecule is Cc1cc(OCC(=O)N(C)Cc2ccc(Cl)cc2)ccc1Br. The predicted molar refractivity (Wildman–Crippen MR) is 92.3 cm³/mol. The zero-order valence-corrected chi connectivity index (χ0v) is 14.8. The maximum Gasteiger partial charge on any atom is 0.260 e. The molecule has 0 aromatic heterocycles. The zero-order chi connectivity index (χ0) is 16.1. The summed E-state index contributed by atoms with van der Waals surface area (Å²) in [6, 6.07) is 13.1. The minimum atomic E-state index is -0.0736. The average molecular weight is 383 g/mol. The summed E-state index contributed by atoms with van der Waals surface area (Å²) in [5.41, 5.74) is 2.10. The van der Waals surface area contributed by atoms with Crippen molar-refractivity contribution in [2.45, 2.75) is 13.5 Å². The molecular formula is C17H17BrClNO2. The number of aryl methyl sites for hydroxylation is 1. The summed E-state index contributed by atoms with van der Waals surface area (Å²) in [6.45, 7) is 2.52. The molecule has 2 aromatic carbocycles. The van der Waals surface area contributed by atoms with Crippen LogP contribution in [0.25, 0.3) is 0 Å². The van der Waals surface area contributed by atoms with Gasteiger partial charge in [-0.1, -0.05) is 39.7 Å². The number of benzene rings is 2. The molecule has 0 spiro atoms. The fraction of sp³-hybridized carbons (Fsp3) is 0.235. The minimum absolute atomic E-state index is 0.0190. The van der Waals surface area contributed by atoms with Crippen molar-refractivity contribution in [3.05, 3.63) is 63.1 Å². The van der Waals surface area contributed by atoms with E-state index >= 15 is 0 Å². The maximum atomic E-state index is 12.1. The van der Waals surface area contributed by atoms with Crippen molar-refractivity contribution >= 4 is 33.4 Å². The molecule has 0 aliphatic rings. The number of nitrogens with zero attached hydrogens (tertiary/aromatic N) is 1.